The van der Waals surface area contributed by atoms with Gasteiger partial charge in [-0.1, -0.05) is 47.8 Å². The van der Waals surface area contributed by atoms with E-state index in [1.54, 1.807) is 0 Å². The summed E-state index contributed by atoms with van der Waals surface area (Å²) in [4.78, 5) is 2.31. The fraction of sp³-hybridized carbons (Fsp3) is 0.538. The molecule has 1 aromatic rings. The van der Waals surface area contributed by atoms with Gasteiger partial charge in [-0.25, -0.2) is 0 Å². The van der Waals surface area contributed by atoms with E-state index in [2.05, 4.69) is 47.8 Å². The molecule has 0 heterocycles. The second-order valence-corrected chi connectivity index (χ2v) is 5.30. The zero-order valence-corrected chi connectivity index (χ0v) is 12.5. The first kappa shape index (κ1) is 13.9. The Morgan fingerprint density at radius 2 is 2.12 bits per heavy atom. The SMILES string of the molecule is CCC(C)CN(C)c1ccc(Cl)cc1CBr. The van der Waals surface area contributed by atoms with Gasteiger partial charge in [-0.3, -0.25) is 0 Å². The van der Waals surface area contributed by atoms with Crippen LogP contribution in [0.3, 0.4) is 0 Å². The van der Waals surface area contributed by atoms with Gasteiger partial charge in [0.2, 0.25) is 0 Å². The van der Waals surface area contributed by atoms with Crippen molar-refractivity contribution in [1.29, 1.82) is 0 Å². The molecule has 3 heteroatoms. The zero-order valence-electron chi connectivity index (χ0n) is 10.1. The maximum absolute atomic E-state index is 5.99. The number of hydrogen-bond acceptors (Lipinski definition) is 1. The molecule has 0 aliphatic rings. The van der Waals surface area contributed by atoms with Crippen molar-refractivity contribution in [2.45, 2.75) is 25.6 Å². The summed E-state index contributed by atoms with van der Waals surface area (Å²) >= 11 is 9.50. The third kappa shape index (κ3) is 3.67. The van der Waals surface area contributed by atoms with Crippen LogP contribution in [-0.4, -0.2) is 13.6 Å². The standard InChI is InChI=1S/C13H19BrClN/c1-4-10(2)9-16(3)13-6-5-12(15)7-11(13)8-14/h5-7,10H,4,8-9H2,1-3H3. The van der Waals surface area contributed by atoms with E-state index in [0.717, 1.165) is 16.9 Å². The van der Waals surface area contributed by atoms with Crippen molar-refractivity contribution in [1.82, 2.24) is 0 Å². The second kappa shape index (κ2) is 6.51. The van der Waals surface area contributed by atoms with Gasteiger partial charge in [-0.05, 0) is 29.7 Å². The summed E-state index contributed by atoms with van der Waals surface area (Å²) in [5.74, 6) is 0.712. The zero-order chi connectivity index (χ0) is 12.1. The van der Waals surface area contributed by atoms with E-state index in [9.17, 15) is 0 Å². The third-order valence-electron chi connectivity index (χ3n) is 2.88. The topological polar surface area (TPSA) is 3.24 Å². The Morgan fingerprint density at radius 1 is 1.44 bits per heavy atom. The molecule has 0 saturated carbocycles. The first-order chi connectivity index (χ1) is 7.58. The van der Waals surface area contributed by atoms with Crippen LogP contribution in [0.2, 0.25) is 5.02 Å². The van der Waals surface area contributed by atoms with Crippen LogP contribution in [0.4, 0.5) is 5.69 Å². The molecule has 0 bridgehead atoms. The Labute approximate surface area is 112 Å². The minimum Gasteiger partial charge on any atom is -0.374 e. The lowest BCUT2D eigenvalue weighted by atomic mass is 10.1. The van der Waals surface area contributed by atoms with Gasteiger partial charge in [0.25, 0.3) is 0 Å². The Kier molecular flexibility index (Phi) is 5.63. The number of nitrogens with zero attached hydrogens (tertiary/aromatic N) is 1. The average Bonchev–Trinajstić information content (AvgIpc) is 2.28. The van der Waals surface area contributed by atoms with E-state index in [1.165, 1.54) is 17.7 Å². The molecule has 0 amide bonds. The van der Waals surface area contributed by atoms with Crippen LogP contribution in [0, 0.1) is 5.92 Å². The Morgan fingerprint density at radius 3 is 2.69 bits per heavy atom. The molecule has 0 fully saturated rings. The molecule has 1 aromatic carbocycles. The summed E-state index contributed by atoms with van der Waals surface area (Å²) in [5.41, 5.74) is 2.51. The van der Waals surface area contributed by atoms with Crippen LogP contribution in [0.1, 0.15) is 25.8 Å². The first-order valence-electron chi connectivity index (χ1n) is 5.64. The Balaban J connectivity index is 2.85. The monoisotopic (exact) mass is 303 g/mol. The van der Waals surface area contributed by atoms with Gasteiger partial charge in [0.15, 0.2) is 0 Å². The quantitative estimate of drug-likeness (QED) is 0.712. The maximum atomic E-state index is 5.99. The number of hydrogen-bond donors (Lipinski definition) is 0. The maximum Gasteiger partial charge on any atom is 0.0410 e. The molecule has 16 heavy (non-hydrogen) atoms. The van der Waals surface area contributed by atoms with Crippen LogP contribution in [0.5, 0.6) is 0 Å². The van der Waals surface area contributed by atoms with Gasteiger partial charge in [0.1, 0.15) is 0 Å². The lowest BCUT2D eigenvalue weighted by Gasteiger charge is -2.25. The molecule has 0 N–H and O–H groups in total. The molecule has 0 spiro atoms. The molecule has 0 radical (unpaired) electrons. The molecule has 1 nitrogen and oxygen atoms in total. The summed E-state index contributed by atoms with van der Waals surface area (Å²) in [6.45, 7) is 5.59. The van der Waals surface area contributed by atoms with Crippen molar-refractivity contribution < 1.29 is 0 Å². The number of halogens is 2. The molecule has 1 atom stereocenters. The Bertz CT molecular complexity index is 341. The van der Waals surface area contributed by atoms with Gasteiger partial charge in [0, 0.05) is 29.6 Å². The van der Waals surface area contributed by atoms with Crippen LogP contribution in [-0.2, 0) is 5.33 Å². The van der Waals surface area contributed by atoms with Crippen molar-refractivity contribution in [3.63, 3.8) is 0 Å². The fourth-order valence-corrected chi connectivity index (χ4v) is 2.37. The second-order valence-electron chi connectivity index (χ2n) is 4.30. The van der Waals surface area contributed by atoms with Gasteiger partial charge >= 0.3 is 0 Å². The Hall–Kier alpha value is -0.210. The van der Waals surface area contributed by atoms with Gasteiger partial charge in [0.05, 0.1) is 0 Å². The summed E-state index contributed by atoms with van der Waals surface area (Å²) in [6.07, 6.45) is 1.21. The molecule has 1 rings (SSSR count). The van der Waals surface area contributed by atoms with E-state index in [0.29, 0.717) is 5.92 Å². The van der Waals surface area contributed by atoms with Crippen LogP contribution >= 0.6 is 27.5 Å². The molecular weight excluding hydrogens is 286 g/mol. The predicted molar refractivity (Wildman–Crippen MR) is 76.8 cm³/mol. The number of anilines is 1. The van der Waals surface area contributed by atoms with E-state index in [4.69, 9.17) is 11.6 Å². The van der Waals surface area contributed by atoms with Crippen molar-refractivity contribution in [3.05, 3.63) is 28.8 Å². The third-order valence-corrected chi connectivity index (χ3v) is 3.72. The fourth-order valence-electron chi connectivity index (χ4n) is 1.73. The molecule has 0 aliphatic carbocycles. The smallest absolute Gasteiger partial charge is 0.0410 e. The van der Waals surface area contributed by atoms with Crippen molar-refractivity contribution in [3.8, 4) is 0 Å². The summed E-state index contributed by atoms with van der Waals surface area (Å²) in [5, 5.41) is 1.64. The van der Waals surface area contributed by atoms with Crippen molar-refractivity contribution >= 4 is 33.2 Å². The molecular formula is C13H19BrClN. The van der Waals surface area contributed by atoms with Crippen LogP contribution < -0.4 is 4.90 Å². The normalized spacial score (nSPS) is 12.6. The minimum atomic E-state index is 0.712. The summed E-state index contributed by atoms with van der Waals surface area (Å²) in [6, 6.07) is 6.08. The van der Waals surface area contributed by atoms with E-state index >= 15 is 0 Å². The van der Waals surface area contributed by atoms with E-state index in [1.807, 2.05) is 12.1 Å². The van der Waals surface area contributed by atoms with Crippen LogP contribution in [0.15, 0.2) is 18.2 Å². The van der Waals surface area contributed by atoms with E-state index in [-0.39, 0.29) is 0 Å². The molecule has 0 aliphatic heterocycles. The largest absolute Gasteiger partial charge is 0.374 e. The van der Waals surface area contributed by atoms with Crippen molar-refractivity contribution in [2.24, 2.45) is 5.92 Å². The highest BCUT2D eigenvalue weighted by Gasteiger charge is 2.09. The number of rotatable bonds is 5. The highest BCUT2D eigenvalue weighted by molar-refractivity contribution is 9.08. The number of benzene rings is 1. The van der Waals surface area contributed by atoms with Gasteiger partial charge in [-0.15, -0.1) is 0 Å². The molecule has 90 valence electrons. The lowest BCUT2D eigenvalue weighted by molar-refractivity contribution is 0.559. The van der Waals surface area contributed by atoms with E-state index < -0.39 is 0 Å². The molecule has 0 saturated heterocycles. The summed E-state index contributed by atoms with van der Waals surface area (Å²) in [7, 11) is 2.14. The van der Waals surface area contributed by atoms with Gasteiger partial charge in [-0.2, -0.15) is 0 Å². The number of alkyl halides is 1. The average molecular weight is 305 g/mol. The van der Waals surface area contributed by atoms with Crippen LogP contribution in [0.25, 0.3) is 0 Å². The highest BCUT2D eigenvalue weighted by Crippen LogP contribution is 2.26. The van der Waals surface area contributed by atoms with Gasteiger partial charge < -0.3 is 4.90 Å². The van der Waals surface area contributed by atoms with Crippen molar-refractivity contribution in [2.75, 3.05) is 18.5 Å². The lowest BCUT2D eigenvalue weighted by Crippen LogP contribution is -2.24. The molecule has 1 unspecified atom stereocenters. The summed E-state index contributed by atoms with van der Waals surface area (Å²) < 4.78 is 0. The first-order valence-corrected chi connectivity index (χ1v) is 7.14. The minimum absolute atomic E-state index is 0.712. The molecule has 0 aromatic heterocycles. The highest BCUT2D eigenvalue weighted by atomic mass is 79.9. The predicted octanol–water partition coefficient (Wildman–Crippen LogP) is 4.72.